The summed E-state index contributed by atoms with van der Waals surface area (Å²) >= 11 is 0. The number of carbonyl (C=O) groups excluding carboxylic acids is 2. The van der Waals surface area contributed by atoms with Crippen molar-refractivity contribution in [3.8, 4) is 0 Å². The van der Waals surface area contributed by atoms with Crippen LogP contribution in [0.25, 0.3) is 10.9 Å². The fourth-order valence-corrected chi connectivity index (χ4v) is 3.15. The first kappa shape index (κ1) is 19.3. The number of anilines is 1. The lowest BCUT2D eigenvalue weighted by molar-refractivity contribution is 0.0945. The third-order valence-electron chi connectivity index (χ3n) is 4.80. The lowest BCUT2D eigenvalue weighted by Gasteiger charge is -2.09. The van der Waals surface area contributed by atoms with Crippen LogP contribution in [0.2, 0.25) is 0 Å². The Morgan fingerprint density at radius 1 is 0.833 bits per heavy atom. The molecule has 2 aromatic heterocycles. The Morgan fingerprint density at radius 2 is 1.57 bits per heavy atom. The number of amides is 2. The first-order chi connectivity index (χ1) is 14.6. The van der Waals surface area contributed by atoms with E-state index in [0.29, 0.717) is 17.7 Å². The fourth-order valence-electron chi connectivity index (χ4n) is 3.15. The average Bonchev–Trinajstić information content (AvgIpc) is 2.78. The SMILES string of the molecule is Cc1ccccc1CNC(=O)c1cccc(C(=O)Nc2cccc3cccnc23)n1. The van der Waals surface area contributed by atoms with Gasteiger partial charge in [-0.1, -0.05) is 48.5 Å². The van der Waals surface area contributed by atoms with Crippen molar-refractivity contribution in [3.05, 3.63) is 102 Å². The summed E-state index contributed by atoms with van der Waals surface area (Å²) in [5.74, 6) is -0.735. The number of para-hydroxylation sites is 1. The van der Waals surface area contributed by atoms with Gasteiger partial charge in [-0.15, -0.1) is 0 Å². The van der Waals surface area contributed by atoms with E-state index < -0.39 is 5.91 Å². The van der Waals surface area contributed by atoms with Crippen molar-refractivity contribution < 1.29 is 9.59 Å². The molecule has 0 aliphatic heterocycles. The first-order valence-electron chi connectivity index (χ1n) is 9.57. The quantitative estimate of drug-likeness (QED) is 0.531. The zero-order valence-electron chi connectivity index (χ0n) is 16.4. The molecule has 4 aromatic rings. The van der Waals surface area contributed by atoms with Crippen molar-refractivity contribution in [1.29, 1.82) is 0 Å². The highest BCUT2D eigenvalue weighted by Crippen LogP contribution is 2.21. The van der Waals surface area contributed by atoms with Crippen molar-refractivity contribution in [1.82, 2.24) is 15.3 Å². The molecule has 4 rings (SSSR count). The van der Waals surface area contributed by atoms with Gasteiger partial charge in [0.1, 0.15) is 11.4 Å². The standard InChI is InChI=1S/C24H20N4O2/c1-16-7-2-3-8-18(16)15-26-23(29)20-12-5-13-21(27-20)24(30)28-19-11-4-9-17-10-6-14-25-22(17)19/h2-14H,15H2,1H3,(H,26,29)(H,28,30). The Hall–Kier alpha value is -4.06. The third kappa shape index (κ3) is 4.17. The van der Waals surface area contributed by atoms with E-state index in [-0.39, 0.29) is 17.3 Å². The molecule has 0 saturated carbocycles. The topological polar surface area (TPSA) is 84.0 Å². The molecule has 0 atom stereocenters. The molecule has 0 aliphatic carbocycles. The van der Waals surface area contributed by atoms with Crippen molar-refractivity contribution in [2.24, 2.45) is 0 Å². The molecule has 2 amide bonds. The number of hydrogen-bond acceptors (Lipinski definition) is 4. The molecular weight excluding hydrogens is 376 g/mol. The summed E-state index contributed by atoms with van der Waals surface area (Å²) in [6.45, 7) is 2.39. The lowest BCUT2D eigenvalue weighted by Crippen LogP contribution is -2.25. The minimum absolute atomic E-state index is 0.159. The molecule has 2 N–H and O–H groups in total. The van der Waals surface area contributed by atoms with Crippen LogP contribution < -0.4 is 10.6 Å². The van der Waals surface area contributed by atoms with Gasteiger partial charge < -0.3 is 10.6 Å². The Kier molecular flexibility index (Phi) is 5.48. The molecule has 0 aliphatic rings. The fraction of sp³-hybridized carbons (Fsp3) is 0.0833. The number of nitrogens with zero attached hydrogens (tertiary/aromatic N) is 2. The van der Waals surface area contributed by atoms with Gasteiger partial charge in [0.15, 0.2) is 0 Å². The van der Waals surface area contributed by atoms with Crippen LogP contribution >= 0.6 is 0 Å². The van der Waals surface area contributed by atoms with Crippen molar-refractivity contribution in [2.45, 2.75) is 13.5 Å². The van der Waals surface area contributed by atoms with E-state index in [1.165, 1.54) is 0 Å². The highest BCUT2D eigenvalue weighted by molar-refractivity contribution is 6.07. The smallest absolute Gasteiger partial charge is 0.274 e. The van der Waals surface area contributed by atoms with Crippen LogP contribution in [0.5, 0.6) is 0 Å². The van der Waals surface area contributed by atoms with Gasteiger partial charge in [0.2, 0.25) is 0 Å². The van der Waals surface area contributed by atoms with Crippen LogP contribution in [0.15, 0.2) is 79.0 Å². The van der Waals surface area contributed by atoms with Gasteiger partial charge in [-0.3, -0.25) is 14.6 Å². The zero-order chi connectivity index (χ0) is 20.9. The second-order valence-electron chi connectivity index (χ2n) is 6.85. The van der Waals surface area contributed by atoms with Crippen LogP contribution in [0.1, 0.15) is 32.1 Å². The van der Waals surface area contributed by atoms with Gasteiger partial charge in [0, 0.05) is 18.1 Å². The Labute approximate surface area is 174 Å². The van der Waals surface area contributed by atoms with Gasteiger partial charge in [-0.2, -0.15) is 0 Å². The van der Waals surface area contributed by atoms with Gasteiger partial charge >= 0.3 is 0 Å². The monoisotopic (exact) mass is 396 g/mol. The minimum Gasteiger partial charge on any atom is -0.347 e. The van der Waals surface area contributed by atoms with Crippen LogP contribution in [-0.4, -0.2) is 21.8 Å². The molecule has 2 aromatic carbocycles. The number of carbonyl (C=O) groups is 2. The Bertz CT molecular complexity index is 1230. The van der Waals surface area contributed by atoms with E-state index >= 15 is 0 Å². The average molecular weight is 396 g/mol. The van der Waals surface area contributed by atoms with E-state index in [0.717, 1.165) is 16.5 Å². The van der Waals surface area contributed by atoms with Crippen molar-refractivity contribution in [2.75, 3.05) is 5.32 Å². The van der Waals surface area contributed by atoms with E-state index in [1.807, 2.05) is 55.5 Å². The molecule has 0 bridgehead atoms. The highest BCUT2D eigenvalue weighted by Gasteiger charge is 2.14. The van der Waals surface area contributed by atoms with Crippen molar-refractivity contribution in [3.63, 3.8) is 0 Å². The number of hydrogen-bond donors (Lipinski definition) is 2. The first-order valence-corrected chi connectivity index (χ1v) is 9.57. The largest absolute Gasteiger partial charge is 0.347 e. The number of fused-ring (bicyclic) bond motifs is 1. The van der Waals surface area contributed by atoms with E-state index in [9.17, 15) is 9.59 Å². The van der Waals surface area contributed by atoms with E-state index in [1.54, 1.807) is 30.5 Å². The predicted octanol–water partition coefficient (Wildman–Crippen LogP) is 4.12. The molecule has 2 heterocycles. The number of benzene rings is 2. The molecule has 0 spiro atoms. The van der Waals surface area contributed by atoms with Crippen LogP contribution in [0.4, 0.5) is 5.69 Å². The molecule has 0 saturated heterocycles. The zero-order valence-corrected chi connectivity index (χ0v) is 16.4. The molecule has 6 nitrogen and oxygen atoms in total. The Balaban J connectivity index is 1.49. The molecule has 148 valence electrons. The third-order valence-corrected chi connectivity index (χ3v) is 4.80. The summed E-state index contributed by atoms with van der Waals surface area (Å²) in [5.41, 5.74) is 3.76. The number of rotatable bonds is 5. The predicted molar refractivity (Wildman–Crippen MR) is 116 cm³/mol. The normalized spacial score (nSPS) is 10.6. The maximum Gasteiger partial charge on any atom is 0.274 e. The van der Waals surface area contributed by atoms with Gasteiger partial charge in [-0.05, 0) is 42.3 Å². The minimum atomic E-state index is -0.401. The number of aromatic nitrogens is 2. The summed E-state index contributed by atoms with van der Waals surface area (Å²) in [7, 11) is 0. The summed E-state index contributed by atoms with van der Waals surface area (Å²) in [6, 6.07) is 22.0. The van der Waals surface area contributed by atoms with E-state index in [2.05, 4.69) is 20.6 Å². The van der Waals surface area contributed by atoms with Gasteiger partial charge in [0.05, 0.1) is 11.2 Å². The number of nitrogens with one attached hydrogen (secondary N) is 2. The Morgan fingerprint density at radius 3 is 2.40 bits per heavy atom. The van der Waals surface area contributed by atoms with E-state index in [4.69, 9.17) is 0 Å². The van der Waals surface area contributed by atoms with Crippen LogP contribution in [0.3, 0.4) is 0 Å². The van der Waals surface area contributed by atoms with Crippen molar-refractivity contribution >= 4 is 28.4 Å². The summed E-state index contributed by atoms with van der Waals surface area (Å²) < 4.78 is 0. The molecule has 0 unspecified atom stereocenters. The summed E-state index contributed by atoms with van der Waals surface area (Å²) in [6.07, 6.45) is 1.68. The van der Waals surface area contributed by atoms with Gasteiger partial charge in [0.25, 0.3) is 11.8 Å². The highest BCUT2D eigenvalue weighted by atomic mass is 16.2. The maximum absolute atomic E-state index is 12.7. The summed E-state index contributed by atoms with van der Waals surface area (Å²) in [5, 5.41) is 6.61. The second-order valence-corrected chi connectivity index (χ2v) is 6.85. The molecular formula is C24H20N4O2. The maximum atomic E-state index is 12.7. The van der Waals surface area contributed by atoms with Crippen LogP contribution in [-0.2, 0) is 6.54 Å². The molecule has 30 heavy (non-hydrogen) atoms. The van der Waals surface area contributed by atoms with Crippen LogP contribution in [0, 0.1) is 6.92 Å². The second kappa shape index (κ2) is 8.53. The lowest BCUT2D eigenvalue weighted by atomic mass is 10.1. The number of pyridine rings is 2. The summed E-state index contributed by atoms with van der Waals surface area (Å²) in [4.78, 5) is 33.8. The molecule has 0 fully saturated rings. The number of aryl methyl sites for hydroxylation is 1. The van der Waals surface area contributed by atoms with Gasteiger partial charge in [-0.25, -0.2) is 4.98 Å². The molecule has 6 heteroatoms. The molecule has 0 radical (unpaired) electrons.